The normalized spacial score (nSPS) is 19.0. The molecule has 21 heavy (non-hydrogen) atoms. The van der Waals surface area contributed by atoms with Crippen LogP contribution in [-0.2, 0) is 0 Å². The van der Waals surface area contributed by atoms with Crippen LogP contribution < -0.4 is 10.6 Å². The molecule has 0 aliphatic carbocycles. The van der Waals surface area contributed by atoms with Crippen LogP contribution in [0.3, 0.4) is 0 Å². The molecule has 2 rings (SSSR count). The van der Waals surface area contributed by atoms with Crippen molar-refractivity contribution in [2.24, 2.45) is 5.92 Å². The maximum atomic E-state index is 11.9. The van der Waals surface area contributed by atoms with Gasteiger partial charge in [-0.3, -0.25) is 0 Å². The van der Waals surface area contributed by atoms with Crippen LogP contribution in [0.25, 0.3) is 0 Å². The number of benzene rings is 1. The molecule has 1 saturated heterocycles. The molecule has 1 fully saturated rings. The molecule has 2 N–H and O–H groups in total. The van der Waals surface area contributed by atoms with Crippen LogP contribution in [0.2, 0.25) is 0 Å². The van der Waals surface area contributed by atoms with E-state index in [1.165, 1.54) is 12.0 Å². The Morgan fingerprint density at radius 2 is 2.05 bits per heavy atom. The number of carbonyl (C=O) groups excluding carboxylic acids is 1. The maximum Gasteiger partial charge on any atom is 0.319 e. The van der Waals surface area contributed by atoms with Gasteiger partial charge in [-0.15, -0.1) is 0 Å². The number of amides is 2. The Kier molecular flexibility index (Phi) is 5.62. The SMILES string of the molecule is CCN1CCC(CNC(=O)Nc2ccc(C(C)C)cc2)C1. The van der Waals surface area contributed by atoms with E-state index in [9.17, 15) is 4.79 Å². The van der Waals surface area contributed by atoms with E-state index in [1.54, 1.807) is 0 Å². The van der Waals surface area contributed by atoms with Crippen LogP contribution >= 0.6 is 0 Å². The van der Waals surface area contributed by atoms with Crippen molar-refractivity contribution >= 4 is 11.7 Å². The van der Waals surface area contributed by atoms with Crippen LogP contribution in [0.1, 0.15) is 38.7 Å². The molecule has 0 radical (unpaired) electrons. The second-order valence-corrected chi connectivity index (χ2v) is 6.16. The van der Waals surface area contributed by atoms with E-state index in [-0.39, 0.29) is 6.03 Å². The lowest BCUT2D eigenvalue weighted by atomic mass is 10.0. The van der Waals surface area contributed by atoms with Gasteiger partial charge in [-0.2, -0.15) is 0 Å². The summed E-state index contributed by atoms with van der Waals surface area (Å²) in [7, 11) is 0. The van der Waals surface area contributed by atoms with Gasteiger partial charge in [0.2, 0.25) is 0 Å². The molecule has 0 spiro atoms. The third-order valence-electron chi connectivity index (χ3n) is 4.20. The zero-order valence-corrected chi connectivity index (χ0v) is 13.4. The maximum absolute atomic E-state index is 11.9. The van der Waals surface area contributed by atoms with Crippen molar-refractivity contribution in [1.29, 1.82) is 0 Å². The first kappa shape index (κ1) is 15.8. The number of nitrogens with zero attached hydrogens (tertiary/aromatic N) is 1. The Morgan fingerprint density at radius 3 is 2.62 bits per heavy atom. The topological polar surface area (TPSA) is 44.4 Å². The molecule has 0 bridgehead atoms. The van der Waals surface area contributed by atoms with Crippen molar-refractivity contribution < 1.29 is 4.79 Å². The summed E-state index contributed by atoms with van der Waals surface area (Å²) in [5.74, 6) is 1.09. The van der Waals surface area contributed by atoms with Gasteiger partial charge in [-0.25, -0.2) is 4.79 Å². The number of urea groups is 1. The van der Waals surface area contributed by atoms with Gasteiger partial charge in [0.15, 0.2) is 0 Å². The predicted octanol–water partition coefficient (Wildman–Crippen LogP) is 3.27. The molecule has 116 valence electrons. The van der Waals surface area contributed by atoms with Gasteiger partial charge in [0.05, 0.1) is 0 Å². The molecule has 1 unspecified atom stereocenters. The highest BCUT2D eigenvalue weighted by Crippen LogP contribution is 2.17. The summed E-state index contributed by atoms with van der Waals surface area (Å²) in [6.45, 7) is 10.6. The Hall–Kier alpha value is -1.55. The van der Waals surface area contributed by atoms with E-state index < -0.39 is 0 Å². The molecule has 1 aromatic rings. The van der Waals surface area contributed by atoms with Gasteiger partial charge in [-0.1, -0.05) is 32.9 Å². The Labute approximate surface area is 127 Å². The summed E-state index contributed by atoms with van der Waals surface area (Å²) in [5.41, 5.74) is 2.13. The molecule has 1 aliphatic rings. The third kappa shape index (κ3) is 4.74. The minimum atomic E-state index is -0.109. The lowest BCUT2D eigenvalue weighted by Crippen LogP contribution is -2.34. The highest BCUT2D eigenvalue weighted by Gasteiger charge is 2.21. The monoisotopic (exact) mass is 289 g/mol. The number of rotatable bonds is 5. The summed E-state index contributed by atoms with van der Waals surface area (Å²) in [6.07, 6.45) is 1.18. The largest absolute Gasteiger partial charge is 0.338 e. The molecule has 2 amide bonds. The van der Waals surface area contributed by atoms with Crippen LogP contribution in [0.5, 0.6) is 0 Å². The van der Waals surface area contributed by atoms with Crippen LogP contribution in [0, 0.1) is 5.92 Å². The molecular weight excluding hydrogens is 262 g/mol. The predicted molar refractivity (Wildman–Crippen MR) is 87.8 cm³/mol. The van der Waals surface area contributed by atoms with Crippen LogP contribution in [-0.4, -0.2) is 37.1 Å². The fraction of sp³-hybridized carbons (Fsp3) is 0.588. The lowest BCUT2D eigenvalue weighted by molar-refractivity contribution is 0.250. The summed E-state index contributed by atoms with van der Waals surface area (Å²) in [6, 6.07) is 7.95. The van der Waals surface area contributed by atoms with Crippen molar-refractivity contribution in [1.82, 2.24) is 10.2 Å². The van der Waals surface area contributed by atoms with Gasteiger partial charge >= 0.3 is 6.03 Å². The van der Waals surface area contributed by atoms with E-state index in [1.807, 2.05) is 12.1 Å². The smallest absolute Gasteiger partial charge is 0.319 e. The lowest BCUT2D eigenvalue weighted by Gasteiger charge is -2.14. The van der Waals surface area contributed by atoms with Gasteiger partial charge < -0.3 is 15.5 Å². The third-order valence-corrected chi connectivity index (χ3v) is 4.20. The number of nitrogens with one attached hydrogen (secondary N) is 2. The number of likely N-dealkylation sites (tertiary alicyclic amines) is 1. The summed E-state index contributed by atoms with van der Waals surface area (Å²) in [4.78, 5) is 14.3. The average Bonchev–Trinajstić information content (AvgIpc) is 2.94. The van der Waals surface area contributed by atoms with Crippen molar-refractivity contribution in [2.45, 2.75) is 33.1 Å². The molecule has 0 saturated carbocycles. The number of hydrogen-bond acceptors (Lipinski definition) is 2. The Bertz CT molecular complexity index is 456. The Balaban J connectivity index is 1.74. The van der Waals surface area contributed by atoms with Gasteiger partial charge in [0.25, 0.3) is 0 Å². The van der Waals surface area contributed by atoms with E-state index >= 15 is 0 Å². The molecule has 1 aliphatic heterocycles. The molecule has 4 nitrogen and oxygen atoms in total. The van der Waals surface area contributed by atoms with Gasteiger partial charge in [-0.05, 0) is 49.0 Å². The minimum absolute atomic E-state index is 0.109. The first-order chi connectivity index (χ1) is 10.1. The second kappa shape index (κ2) is 7.46. The highest BCUT2D eigenvalue weighted by molar-refractivity contribution is 5.89. The molecule has 1 atom stereocenters. The van der Waals surface area contributed by atoms with Crippen LogP contribution in [0.15, 0.2) is 24.3 Å². The highest BCUT2D eigenvalue weighted by atomic mass is 16.2. The summed E-state index contributed by atoms with van der Waals surface area (Å²) < 4.78 is 0. The van der Waals surface area contributed by atoms with Crippen molar-refractivity contribution in [3.63, 3.8) is 0 Å². The molecule has 1 aromatic carbocycles. The molecule has 0 aromatic heterocycles. The number of anilines is 1. The van der Waals surface area contributed by atoms with Crippen molar-refractivity contribution in [3.8, 4) is 0 Å². The number of hydrogen-bond donors (Lipinski definition) is 2. The first-order valence-corrected chi connectivity index (χ1v) is 7.95. The quantitative estimate of drug-likeness (QED) is 0.873. The van der Waals surface area contributed by atoms with Crippen LogP contribution in [0.4, 0.5) is 10.5 Å². The van der Waals surface area contributed by atoms with Crippen molar-refractivity contribution in [2.75, 3.05) is 31.5 Å². The first-order valence-electron chi connectivity index (χ1n) is 7.95. The Morgan fingerprint density at radius 1 is 1.33 bits per heavy atom. The number of carbonyl (C=O) groups is 1. The van der Waals surface area contributed by atoms with E-state index in [2.05, 4.69) is 48.4 Å². The zero-order chi connectivity index (χ0) is 15.2. The molecule has 1 heterocycles. The van der Waals surface area contributed by atoms with E-state index in [0.29, 0.717) is 11.8 Å². The summed E-state index contributed by atoms with van der Waals surface area (Å²) in [5, 5.41) is 5.87. The fourth-order valence-corrected chi connectivity index (χ4v) is 2.73. The standard InChI is InChI=1S/C17H27N3O/c1-4-20-10-9-14(12-20)11-18-17(21)19-16-7-5-15(6-8-16)13(2)3/h5-8,13-14H,4,9-12H2,1-3H3,(H2,18,19,21). The fourth-order valence-electron chi connectivity index (χ4n) is 2.73. The van der Waals surface area contributed by atoms with E-state index in [0.717, 1.165) is 31.9 Å². The van der Waals surface area contributed by atoms with Gasteiger partial charge in [0, 0.05) is 18.8 Å². The van der Waals surface area contributed by atoms with E-state index in [4.69, 9.17) is 0 Å². The van der Waals surface area contributed by atoms with Gasteiger partial charge in [0.1, 0.15) is 0 Å². The average molecular weight is 289 g/mol. The minimum Gasteiger partial charge on any atom is -0.338 e. The van der Waals surface area contributed by atoms with Crippen molar-refractivity contribution in [3.05, 3.63) is 29.8 Å². The summed E-state index contributed by atoms with van der Waals surface area (Å²) >= 11 is 0. The zero-order valence-electron chi connectivity index (χ0n) is 13.4. The second-order valence-electron chi connectivity index (χ2n) is 6.16. The molecular formula is C17H27N3O. The molecule has 4 heteroatoms.